The molecule has 0 atom stereocenters. The summed E-state index contributed by atoms with van der Waals surface area (Å²) >= 11 is 0. The van der Waals surface area contributed by atoms with Crippen LogP contribution in [0.2, 0.25) is 0 Å². The van der Waals surface area contributed by atoms with Crippen molar-refractivity contribution in [2.45, 2.75) is 110 Å². The van der Waals surface area contributed by atoms with Crippen LogP contribution in [0.15, 0.2) is 0 Å². The number of carbonyl (C=O) groups is 2. The molecule has 0 rings (SSSR count). The first kappa shape index (κ1) is 21.1. The third-order valence-corrected chi connectivity index (χ3v) is 3.95. The third kappa shape index (κ3) is 15.5. The van der Waals surface area contributed by atoms with Gasteiger partial charge in [-0.2, -0.15) is 0 Å². The number of unbranched alkanes of at least 4 members (excludes halogenated alkanes) is 11. The van der Waals surface area contributed by atoms with Gasteiger partial charge in [0.05, 0.1) is 0 Å². The zero-order chi connectivity index (χ0) is 16.5. The topological polar surface area (TPSA) is 43.4 Å². The van der Waals surface area contributed by atoms with E-state index in [1.807, 2.05) is 6.92 Å². The summed E-state index contributed by atoms with van der Waals surface area (Å²) < 4.78 is 4.77. The molecule has 22 heavy (non-hydrogen) atoms. The van der Waals surface area contributed by atoms with Gasteiger partial charge in [-0.05, 0) is 12.8 Å². The molecule has 0 aliphatic heterocycles. The molecule has 3 nitrogen and oxygen atoms in total. The smallest absolute Gasteiger partial charge is 0.313 e. The molecule has 0 unspecified atom stereocenters. The van der Waals surface area contributed by atoms with E-state index in [9.17, 15) is 9.59 Å². The fraction of sp³-hybridized carbons (Fsp3) is 0.895. The van der Waals surface area contributed by atoms with Gasteiger partial charge in [0, 0.05) is 12.8 Å². The van der Waals surface area contributed by atoms with Gasteiger partial charge in [-0.3, -0.25) is 9.59 Å². The summed E-state index contributed by atoms with van der Waals surface area (Å²) in [5.41, 5.74) is 0. The lowest BCUT2D eigenvalue weighted by Crippen LogP contribution is -2.11. The Morgan fingerprint density at radius 3 is 1.36 bits per heavy atom. The zero-order valence-corrected chi connectivity index (χ0v) is 14.8. The zero-order valence-electron chi connectivity index (χ0n) is 14.8. The molecule has 0 saturated carbocycles. The summed E-state index contributed by atoms with van der Waals surface area (Å²) in [6, 6.07) is 0. The molecule has 0 radical (unpaired) electrons. The van der Waals surface area contributed by atoms with Crippen molar-refractivity contribution < 1.29 is 14.3 Å². The van der Waals surface area contributed by atoms with Gasteiger partial charge in [-0.1, -0.05) is 84.5 Å². The molecule has 0 saturated heterocycles. The maximum atomic E-state index is 11.4. The summed E-state index contributed by atoms with van der Waals surface area (Å²) in [5, 5.41) is 0. The Kier molecular flexibility index (Phi) is 15.9. The maximum Gasteiger partial charge on any atom is 0.313 e. The largest absolute Gasteiger partial charge is 0.393 e. The molecule has 0 N–H and O–H groups in total. The van der Waals surface area contributed by atoms with Gasteiger partial charge in [0.25, 0.3) is 0 Å². The van der Waals surface area contributed by atoms with Crippen molar-refractivity contribution in [2.75, 3.05) is 0 Å². The van der Waals surface area contributed by atoms with Crippen molar-refractivity contribution in [1.29, 1.82) is 0 Å². The SMILES string of the molecule is CCCCCCCCCCCCCC(=O)OC(=O)CCCC. The minimum atomic E-state index is -0.366. The van der Waals surface area contributed by atoms with Crippen LogP contribution in [0.3, 0.4) is 0 Å². The highest BCUT2D eigenvalue weighted by Crippen LogP contribution is 2.12. The molecule has 0 spiro atoms. The number of rotatable bonds is 15. The van der Waals surface area contributed by atoms with Gasteiger partial charge in [0.1, 0.15) is 0 Å². The second kappa shape index (κ2) is 16.5. The Hall–Kier alpha value is -0.860. The van der Waals surface area contributed by atoms with E-state index in [1.165, 1.54) is 57.8 Å². The average Bonchev–Trinajstić information content (AvgIpc) is 2.50. The minimum Gasteiger partial charge on any atom is -0.393 e. The molecule has 0 fully saturated rings. The fourth-order valence-electron chi connectivity index (χ4n) is 2.48. The lowest BCUT2D eigenvalue weighted by atomic mass is 10.1. The van der Waals surface area contributed by atoms with Crippen molar-refractivity contribution in [1.82, 2.24) is 0 Å². The van der Waals surface area contributed by atoms with Crippen LogP contribution in [0.25, 0.3) is 0 Å². The summed E-state index contributed by atoms with van der Waals surface area (Å²) in [4.78, 5) is 22.7. The minimum absolute atomic E-state index is 0.350. The molecular formula is C19H36O3. The van der Waals surface area contributed by atoms with Crippen molar-refractivity contribution in [2.24, 2.45) is 0 Å². The third-order valence-electron chi connectivity index (χ3n) is 3.95. The van der Waals surface area contributed by atoms with Gasteiger partial charge in [0.2, 0.25) is 0 Å². The molecular weight excluding hydrogens is 276 g/mol. The number of hydrogen-bond donors (Lipinski definition) is 0. The van der Waals surface area contributed by atoms with Crippen molar-refractivity contribution >= 4 is 11.9 Å². The summed E-state index contributed by atoms with van der Waals surface area (Å²) in [6.45, 7) is 4.26. The molecule has 0 aliphatic rings. The Morgan fingerprint density at radius 1 is 0.545 bits per heavy atom. The highest BCUT2D eigenvalue weighted by molar-refractivity contribution is 5.85. The predicted octanol–water partition coefficient (Wildman–Crippen LogP) is 5.95. The summed E-state index contributed by atoms with van der Waals surface area (Å²) in [6.07, 6.45) is 16.3. The van der Waals surface area contributed by atoms with Crippen molar-refractivity contribution in [3.63, 3.8) is 0 Å². The van der Waals surface area contributed by atoms with Gasteiger partial charge in [-0.15, -0.1) is 0 Å². The van der Waals surface area contributed by atoms with Gasteiger partial charge >= 0.3 is 11.9 Å². The Balaban J connectivity index is 3.25. The first-order valence-electron chi connectivity index (χ1n) is 9.44. The monoisotopic (exact) mass is 312 g/mol. The lowest BCUT2D eigenvalue weighted by molar-refractivity contribution is -0.159. The predicted molar refractivity (Wildman–Crippen MR) is 91.7 cm³/mol. The second-order valence-electron chi connectivity index (χ2n) is 6.24. The summed E-state index contributed by atoms with van der Waals surface area (Å²) in [5.74, 6) is -0.716. The van der Waals surface area contributed by atoms with Crippen LogP contribution in [0, 0.1) is 0 Å². The van der Waals surface area contributed by atoms with E-state index in [4.69, 9.17) is 4.74 Å². The first-order chi connectivity index (χ1) is 10.7. The molecule has 0 bridgehead atoms. The lowest BCUT2D eigenvalue weighted by Gasteiger charge is -2.03. The summed E-state index contributed by atoms with van der Waals surface area (Å²) in [7, 11) is 0. The van der Waals surface area contributed by atoms with Crippen molar-refractivity contribution in [3.05, 3.63) is 0 Å². The fourth-order valence-corrected chi connectivity index (χ4v) is 2.48. The van der Waals surface area contributed by atoms with E-state index in [0.29, 0.717) is 12.8 Å². The molecule has 0 aromatic rings. The number of hydrogen-bond acceptors (Lipinski definition) is 3. The molecule has 0 aromatic carbocycles. The first-order valence-corrected chi connectivity index (χ1v) is 9.44. The van der Waals surface area contributed by atoms with E-state index in [-0.39, 0.29) is 11.9 Å². The number of esters is 2. The van der Waals surface area contributed by atoms with Crippen LogP contribution in [0.4, 0.5) is 0 Å². The molecule has 0 aromatic heterocycles. The molecule has 0 heterocycles. The maximum absolute atomic E-state index is 11.4. The van der Waals surface area contributed by atoms with Crippen molar-refractivity contribution in [3.8, 4) is 0 Å². The van der Waals surface area contributed by atoms with Crippen LogP contribution in [0.5, 0.6) is 0 Å². The van der Waals surface area contributed by atoms with Gasteiger partial charge in [0.15, 0.2) is 0 Å². The normalized spacial score (nSPS) is 10.6. The van der Waals surface area contributed by atoms with Crippen LogP contribution < -0.4 is 0 Å². The van der Waals surface area contributed by atoms with Gasteiger partial charge < -0.3 is 4.74 Å². The highest BCUT2D eigenvalue weighted by Gasteiger charge is 2.09. The molecule has 130 valence electrons. The standard InChI is InChI=1S/C19H36O3/c1-3-5-7-8-9-10-11-12-13-14-15-17-19(21)22-18(20)16-6-4-2/h3-17H2,1-2H3. The average molecular weight is 312 g/mol. The highest BCUT2D eigenvalue weighted by atomic mass is 16.6. The molecule has 3 heteroatoms. The van der Waals surface area contributed by atoms with Crippen LogP contribution >= 0.6 is 0 Å². The van der Waals surface area contributed by atoms with E-state index in [0.717, 1.165) is 25.7 Å². The van der Waals surface area contributed by atoms with E-state index in [1.54, 1.807) is 0 Å². The Bertz CT molecular complexity index is 274. The van der Waals surface area contributed by atoms with Crippen LogP contribution in [-0.4, -0.2) is 11.9 Å². The second-order valence-corrected chi connectivity index (χ2v) is 6.24. The molecule has 0 amide bonds. The van der Waals surface area contributed by atoms with Gasteiger partial charge in [-0.25, -0.2) is 0 Å². The molecule has 0 aliphatic carbocycles. The number of carbonyl (C=O) groups excluding carboxylic acids is 2. The van der Waals surface area contributed by atoms with E-state index >= 15 is 0 Å². The van der Waals surface area contributed by atoms with E-state index < -0.39 is 0 Å². The Labute approximate surface area is 137 Å². The van der Waals surface area contributed by atoms with E-state index in [2.05, 4.69) is 6.92 Å². The quantitative estimate of drug-likeness (QED) is 0.213. The Morgan fingerprint density at radius 2 is 0.909 bits per heavy atom. The van der Waals surface area contributed by atoms with Crippen LogP contribution in [-0.2, 0) is 14.3 Å². The number of ether oxygens (including phenoxy) is 1. The van der Waals surface area contributed by atoms with Crippen LogP contribution in [0.1, 0.15) is 110 Å².